The molecule has 4 rings (SSSR count). The monoisotopic (exact) mass is 451 g/mol. The number of carbonyl (C=O) groups is 2. The number of ketones is 1. The molecule has 1 heterocycles. The van der Waals surface area contributed by atoms with Gasteiger partial charge in [0.2, 0.25) is 0 Å². The molecule has 0 unspecified atom stereocenters. The van der Waals surface area contributed by atoms with Gasteiger partial charge in [-0.2, -0.15) is 0 Å². The second-order valence-corrected chi connectivity index (χ2v) is 9.51. The fourth-order valence-corrected chi connectivity index (χ4v) is 5.39. The van der Waals surface area contributed by atoms with Crippen LogP contribution in [-0.4, -0.2) is 41.9 Å². The summed E-state index contributed by atoms with van der Waals surface area (Å²) < 4.78 is 13.1. The summed E-state index contributed by atoms with van der Waals surface area (Å²) in [6.07, 6.45) is 8.08. The SMILES string of the molecule is CC(=O)c1cccc(NC(=O)NC[C@H]2CCCN2[C@H]2CC[C@@H](Cc3ccc(F)cc3)CC2)c1. The highest BCUT2D eigenvalue weighted by Gasteiger charge is 2.33. The molecule has 1 saturated carbocycles. The lowest BCUT2D eigenvalue weighted by Gasteiger charge is -2.38. The Kier molecular flexibility index (Phi) is 7.76. The lowest BCUT2D eigenvalue weighted by atomic mass is 9.81. The fourth-order valence-electron chi connectivity index (χ4n) is 5.39. The highest BCUT2D eigenvalue weighted by atomic mass is 19.1. The molecule has 176 valence electrons. The van der Waals surface area contributed by atoms with E-state index in [4.69, 9.17) is 0 Å². The normalized spacial score (nSPS) is 23.3. The van der Waals surface area contributed by atoms with Crippen LogP contribution in [-0.2, 0) is 6.42 Å². The van der Waals surface area contributed by atoms with Crippen molar-refractivity contribution in [2.45, 2.75) is 64.0 Å². The molecule has 5 nitrogen and oxygen atoms in total. The molecular formula is C27H34FN3O2. The molecule has 1 saturated heterocycles. The number of amides is 2. The minimum Gasteiger partial charge on any atom is -0.336 e. The summed E-state index contributed by atoms with van der Waals surface area (Å²) in [6.45, 7) is 3.25. The van der Waals surface area contributed by atoms with Gasteiger partial charge in [0, 0.05) is 29.9 Å². The van der Waals surface area contributed by atoms with Gasteiger partial charge < -0.3 is 10.6 Å². The first-order valence-corrected chi connectivity index (χ1v) is 12.1. The van der Waals surface area contributed by atoms with E-state index in [0.29, 0.717) is 35.8 Å². The van der Waals surface area contributed by atoms with Gasteiger partial charge in [-0.15, -0.1) is 0 Å². The van der Waals surface area contributed by atoms with Gasteiger partial charge in [0.05, 0.1) is 0 Å². The third-order valence-corrected chi connectivity index (χ3v) is 7.17. The van der Waals surface area contributed by atoms with Crippen LogP contribution in [0.2, 0.25) is 0 Å². The summed E-state index contributed by atoms with van der Waals surface area (Å²) in [5.41, 5.74) is 2.44. The molecule has 1 atom stereocenters. The van der Waals surface area contributed by atoms with Crippen LogP contribution >= 0.6 is 0 Å². The predicted octanol–water partition coefficient (Wildman–Crippen LogP) is 5.42. The Morgan fingerprint density at radius 3 is 2.52 bits per heavy atom. The first-order valence-electron chi connectivity index (χ1n) is 12.1. The van der Waals surface area contributed by atoms with Gasteiger partial charge in [-0.25, -0.2) is 9.18 Å². The second-order valence-electron chi connectivity index (χ2n) is 9.51. The minimum atomic E-state index is -0.231. The number of Topliss-reactive ketones (excluding diaryl/α,β-unsaturated/α-hetero) is 1. The van der Waals surface area contributed by atoms with Crippen molar-refractivity contribution in [1.29, 1.82) is 0 Å². The van der Waals surface area contributed by atoms with Crippen LogP contribution in [0, 0.1) is 11.7 Å². The van der Waals surface area contributed by atoms with E-state index in [-0.39, 0.29) is 17.6 Å². The van der Waals surface area contributed by atoms with Crippen molar-refractivity contribution >= 4 is 17.5 Å². The number of urea groups is 1. The summed E-state index contributed by atoms with van der Waals surface area (Å²) in [6, 6.07) is 14.7. The number of halogens is 1. The zero-order valence-corrected chi connectivity index (χ0v) is 19.4. The number of hydrogen-bond donors (Lipinski definition) is 2. The lowest BCUT2D eigenvalue weighted by molar-refractivity contribution is 0.101. The van der Waals surface area contributed by atoms with Crippen molar-refractivity contribution in [1.82, 2.24) is 10.2 Å². The minimum absolute atomic E-state index is 0.0203. The van der Waals surface area contributed by atoms with E-state index in [1.54, 1.807) is 36.4 Å². The first-order chi connectivity index (χ1) is 16.0. The summed E-state index contributed by atoms with van der Waals surface area (Å²) >= 11 is 0. The zero-order valence-electron chi connectivity index (χ0n) is 19.4. The third kappa shape index (κ3) is 6.41. The number of likely N-dealkylation sites (tertiary alicyclic amines) is 1. The van der Waals surface area contributed by atoms with E-state index in [1.165, 1.54) is 44.6 Å². The molecule has 0 radical (unpaired) electrons. The maximum Gasteiger partial charge on any atom is 0.319 e. The van der Waals surface area contributed by atoms with Crippen molar-refractivity contribution < 1.29 is 14.0 Å². The van der Waals surface area contributed by atoms with E-state index in [2.05, 4.69) is 15.5 Å². The molecule has 2 aliphatic rings. The Hall–Kier alpha value is -2.73. The van der Waals surface area contributed by atoms with Crippen molar-refractivity contribution in [3.63, 3.8) is 0 Å². The maximum absolute atomic E-state index is 13.1. The van der Waals surface area contributed by atoms with E-state index in [0.717, 1.165) is 19.4 Å². The number of hydrogen-bond acceptors (Lipinski definition) is 3. The highest BCUT2D eigenvalue weighted by Crippen LogP contribution is 2.33. The van der Waals surface area contributed by atoms with Gasteiger partial charge in [-0.3, -0.25) is 9.69 Å². The maximum atomic E-state index is 13.1. The number of benzene rings is 2. The molecule has 2 N–H and O–H groups in total. The summed E-state index contributed by atoms with van der Waals surface area (Å²) in [4.78, 5) is 26.6. The van der Waals surface area contributed by atoms with Gasteiger partial charge in [0.25, 0.3) is 0 Å². The quantitative estimate of drug-likeness (QED) is 0.553. The number of rotatable bonds is 7. The average Bonchev–Trinajstić information content (AvgIpc) is 3.28. The molecule has 0 bridgehead atoms. The van der Waals surface area contributed by atoms with Crippen LogP contribution in [0.25, 0.3) is 0 Å². The van der Waals surface area contributed by atoms with Crippen LogP contribution < -0.4 is 10.6 Å². The van der Waals surface area contributed by atoms with Gasteiger partial charge >= 0.3 is 6.03 Å². The number of nitrogens with one attached hydrogen (secondary N) is 2. The van der Waals surface area contributed by atoms with Crippen molar-refractivity contribution in [3.8, 4) is 0 Å². The number of nitrogens with zero attached hydrogens (tertiary/aromatic N) is 1. The predicted molar refractivity (Wildman–Crippen MR) is 129 cm³/mol. The molecule has 2 aromatic carbocycles. The van der Waals surface area contributed by atoms with Gasteiger partial charge in [0.15, 0.2) is 5.78 Å². The first kappa shape index (κ1) is 23.4. The number of anilines is 1. The standard InChI is InChI=1S/C27H34FN3O2/c1-19(32)22-4-2-5-24(17-22)30-27(33)29-18-26-6-3-15-31(26)25-13-9-21(10-14-25)16-20-7-11-23(28)12-8-20/h2,4-5,7-8,11-12,17,21,25-26H,3,6,9-10,13-16,18H2,1H3,(H2,29,30,33)/t21-,25+,26-/m1/s1. The molecule has 2 fully saturated rings. The van der Waals surface area contributed by atoms with Crippen molar-refractivity contribution in [2.24, 2.45) is 5.92 Å². The summed E-state index contributed by atoms with van der Waals surface area (Å²) in [7, 11) is 0. The summed E-state index contributed by atoms with van der Waals surface area (Å²) in [5, 5.41) is 5.87. The zero-order chi connectivity index (χ0) is 23.2. The van der Waals surface area contributed by atoms with Gasteiger partial charge in [-0.1, -0.05) is 24.3 Å². The van der Waals surface area contributed by atoms with Crippen LogP contribution in [0.5, 0.6) is 0 Å². The molecule has 2 aromatic rings. The Balaban J connectivity index is 1.23. The van der Waals surface area contributed by atoms with Crippen LogP contribution in [0.15, 0.2) is 48.5 Å². The fraction of sp³-hybridized carbons (Fsp3) is 0.481. The van der Waals surface area contributed by atoms with E-state index in [9.17, 15) is 14.0 Å². The van der Waals surface area contributed by atoms with Crippen molar-refractivity contribution in [3.05, 3.63) is 65.5 Å². The Morgan fingerprint density at radius 1 is 1.03 bits per heavy atom. The summed E-state index contributed by atoms with van der Waals surface area (Å²) in [5.74, 6) is 0.477. The van der Waals surface area contributed by atoms with E-state index < -0.39 is 0 Å². The molecular weight excluding hydrogens is 417 g/mol. The molecule has 0 aromatic heterocycles. The lowest BCUT2D eigenvalue weighted by Crippen LogP contribution is -2.47. The van der Waals surface area contributed by atoms with Gasteiger partial charge in [0.1, 0.15) is 5.82 Å². The largest absolute Gasteiger partial charge is 0.336 e. The Labute approximate surface area is 195 Å². The van der Waals surface area contributed by atoms with Crippen LogP contribution in [0.4, 0.5) is 14.9 Å². The van der Waals surface area contributed by atoms with Crippen LogP contribution in [0.3, 0.4) is 0 Å². The molecule has 2 amide bonds. The molecule has 6 heteroatoms. The smallest absolute Gasteiger partial charge is 0.319 e. The van der Waals surface area contributed by atoms with E-state index in [1.807, 2.05) is 12.1 Å². The van der Waals surface area contributed by atoms with Crippen molar-refractivity contribution in [2.75, 3.05) is 18.4 Å². The van der Waals surface area contributed by atoms with E-state index >= 15 is 0 Å². The Morgan fingerprint density at radius 2 is 1.79 bits per heavy atom. The topological polar surface area (TPSA) is 61.4 Å². The molecule has 1 aliphatic heterocycles. The Bertz CT molecular complexity index is 954. The van der Waals surface area contributed by atoms with Gasteiger partial charge in [-0.05, 0) is 94.2 Å². The average molecular weight is 452 g/mol. The molecule has 0 spiro atoms. The van der Waals surface area contributed by atoms with Crippen LogP contribution in [0.1, 0.15) is 61.4 Å². The third-order valence-electron chi connectivity index (χ3n) is 7.17. The highest BCUT2D eigenvalue weighted by molar-refractivity contribution is 5.96. The number of carbonyl (C=O) groups excluding carboxylic acids is 2. The second kappa shape index (κ2) is 10.9. The molecule has 1 aliphatic carbocycles. The molecule has 33 heavy (non-hydrogen) atoms.